The van der Waals surface area contributed by atoms with Crippen LogP contribution in [0.15, 0.2) is 10.2 Å². The third-order valence-corrected chi connectivity index (χ3v) is 3.52. The van der Waals surface area contributed by atoms with Gasteiger partial charge in [0.1, 0.15) is 0 Å². The predicted octanol–water partition coefficient (Wildman–Crippen LogP) is 3.00. The van der Waals surface area contributed by atoms with Gasteiger partial charge in [0.25, 0.3) is 0 Å². The normalized spacial score (nSPS) is 38.3. The summed E-state index contributed by atoms with van der Waals surface area (Å²) in [5.74, 6) is -1.27. The van der Waals surface area contributed by atoms with Crippen molar-refractivity contribution in [2.24, 2.45) is 16.1 Å². The fraction of sp³-hybridized carbons (Fsp3) is 0.917. The predicted molar refractivity (Wildman–Crippen MR) is 61.1 cm³/mol. The van der Waals surface area contributed by atoms with E-state index < -0.39 is 17.6 Å². The van der Waals surface area contributed by atoms with E-state index in [1.807, 2.05) is 6.92 Å². The van der Waals surface area contributed by atoms with Crippen LogP contribution in [0.4, 0.5) is 0 Å². The summed E-state index contributed by atoms with van der Waals surface area (Å²) < 4.78 is 10.9. The maximum Gasteiger partial charge on any atom is 0.331 e. The fourth-order valence-corrected chi connectivity index (χ4v) is 2.73. The van der Waals surface area contributed by atoms with E-state index in [1.165, 1.54) is 26.2 Å². The zero-order chi connectivity index (χ0) is 12.5. The molecule has 1 saturated carbocycles. The Labute approximate surface area is 102 Å². The van der Waals surface area contributed by atoms with Crippen molar-refractivity contribution < 1.29 is 14.3 Å². The maximum atomic E-state index is 11.0. The number of carbonyl (C=O) groups excluding carboxylic acids is 1. The number of ether oxygens (including phenoxy) is 2. The summed E-state index contributed by atoms with van der Waals surface area (Å²) >= 11 is 0. The molecule has 0 amide bonds. The summed E-state index contributed by atoms with van der Waals surface area (Å²) in [5.41, 5.74) is -0.634. The van der Waals surface area contributed by atoms with E-state index in [0.29, 0.717) is 5.92 Å². The molecule has 0 aromatic carbocycles. The molecule has 1 fully saturated rings. The van der Waals surface area contributed by atoms with Crippen molar-refractivity contribution in [1.29, 1.82) is 0 Å². The first-order valence-electron chi connectivity index (χ1n) is 6.27. The Morgan fingerprint density at radius 3 is 2.47 bits per heavy atom. The summed E-state index contributed by atoms with van der Waals surface area (Å²) in [7, 11) is 0. The zero-order valence-electron chi connectivity index (χ0n) is 10.7. The molecular formula is C12H20N2O3. The van der Waals surface area contributed by atoms with Crippen molar-refractivity contribution in [2.75, 3.05) is 0 Å². The lowest BCUT2D eigenvalue weighted by molar-refractivity contribution is -0.248. The standard InChI is InChI=1S/C12H20N2O3/c1-9(15)16-12(3)14-13-11(2,17-12)10-7-5-4-6-8-10/h10H,4-8H2,1-3H3. The van der Waals surface area contributed by atoms with Crippen LogP contribution in [0.5, 0.6) is 0 Å². The quantitative estimate of drug-likeness (QED) is 0.697. The van der Waals surface area contributed by atoms with Crippen molar-refractivity contribution >= 4 is 5.97 Å². The SMILES string of the molecule is CC(=O)OC1(C)N=NC(C)(C2CCCCC2)O1. The minimum absolute atomic E-state index is 0.373. The Bertz CT molecular complexity index is 339. The van der Waals surface area contributed by atoms with Crippen molar-refractivity contribution in [3.8, 4) is 0 Å². The molecule has 2 aliphatic rings. The van der Waals surface area contributed by atoms with Gasteiger partial charge in [0.15, 0.2) is 5.72 Å². The molecule has 1 aliphatic carbocycles. The zero-order valence-corrected chi connectivity index (χ0v) is 10.7. The second-order valence-electron chi connectivity index (χ2n) is 5.18. The van der Waals surface area contributed by atoms with Crippen LogP contribution in [0, 0.1) is 5.92 Å². The largest absolute Gasteiger partial charge is 0.411 e. The highest BCUT2D eigenvalue weighted by Crippen LogP contribution is 2.43. The number of azo groups is 1. The van der Waals surface area contributed by atoms with Gasteiger partial charge in [-0.1, -0.05) is 19.3 Å². The van der Waals surface area contributed by atoms with Gasteiger partial charge >= 0.3 is 11.9 Å². The molecule has 0 saturated heterocycles. The van der Waals surface area contributed by atoms with Crippen molar-refractivity contribution in [3.63, 3.8) is 0 Å². The molecule has 5 heteroatoms. The molecule has 0 aromatic heterocycles. The molecule has 0 bridgehead atoms. The summed E-state index contributed by atoms with van der Waals surface area (Å²) in [6.45, 7) is 4.91. The first-order chi connectivity index (χ1) is 7.94. The summed E-state index contributed by atoms with van der Waals surface area (Å²) in [5, 5.41) is 8.22. The Morgan fingerprint density at radius 1 is 1.24 bits per heavy atom. The second-order valence-corrected chi connectivity index (χ2v) is 5.18. The average molecular weight is 240 g/mol. The van der Waals surface area contributed by atoms with Crippen molar-refractivity contribution in [2.45, 2.75) is 64.5 Å². The lowest BCUT2D eigenvalue weighted by Gasteiger charge is -2.34. The maximum absolute atomic E-state index is 11.0. The Kier molecular flexibility index (Phi) is 3.21. The highest BCUT2D eigenvalue weighted by molar-refractivity contribution is 5.66. The van der Waals surface area contributed by atoms with Gasteiger partial charge in [-0.25, -0.2) is 0 Å². The van der Waals surface area contributed by atoms with E-state index in [4.69, 9.17) is 9.47 Å². The Hall–Kier alpha value is -0.970. The van der Waals surface area contributed by atoms with E-state index in [-0.39, 0.29) is 0 Å². The molecule has 96 valence electrons. The Morgan fingerprint density at radius 2 is 1.88 bits per heavy atom. The summed E-state index contributed by atoms with van der Waals surface area (Å²) in [6, 6.07) is 0. The topological polar surface area (TPSA) is 60.2 Å². The lowest BCUT2D eigenvalue weighted by atomic mass is 9.82. The minimum Gasteiger partial charge on any atom is -0.411 e. The number of hydrogen-bond acceptors (Lipinski definition) is 5. The van der Waals surface area contributed by atoms with Gasteiger partial charge < -0.3 is 4.74 Å². The van der Waals surface area contributed by atoms with Crippen molar-refractivity contribution in [3.05, 3.63) is 0 Å². The van der Waals surface area contributed by atoms with Gasteiger partial charge in [0, 0.05) is 19.8 Å². The van der Waals surface area contributed by atoms with Crippen LogP contribution in [0.3, 0.4) is 0 Å². The van der Waals surface area contributed by atoms with Gasteiger partial charge in [-0.2, -0.15) is 5.11 Å². The number of rotatable bonds is 2. The first-order valence-corrected chi connectivity index (χ1v) is 6.27. The molecule has 0 N–H and O–H groups in total. The molecule has 1 aliphatic heterocycles. The van der Waals surface area contributed by atoms with E-state index in [1.54, 1.807) is 6.92 Å². The fourth-order valence-electron chi connectivity index (χ4n) is 2.73. The number of hydrogen-bond donors (Lipinski definition) is 0. The summed E-state index contributed by atoms with van der Waals surface area (Å²) in [4.78, 5) is 11.0. The second kappa shape index (κ2) is 4.37. The van der Waals surface area contributed by atoms with Crippen LogP contribution in [-0.2, 0) is 14.3 Å². The van der Waals surface area contributed by atoms with Gasteiger partial charge in [-0.3, -0.25) is 9.53 Å². The Balaban J connectivity index is 2.04. The van der Waals surface area contributed by atoms with E-state index in [9.17, 15) is 4.79 Å². The number of nitrogens with zero attached hydrogens (tertiary/aromatic N) is 2. The van der Waals surface area contributed by atoms with Crippen molar-refractivity contribution in [1.82, 2.24) is 0 Å². The lowest BCUT2D eigenvalue weighted by Crippen LogP contribution is -2.41. The average Bonchev–Trinajstić information content (AvgIpc) is 2.56. The van der Waals surface area contributed by atoms with Gasteiger partial charge in [-0.15, -0.1) is 5.11 Å². The van der Waals surface area contributed by atoms with Crippen LogP contribution in [0.1, 0.15) is 52.9 Å². The van der Waals surface area contributed by atoms with Crippen LogP contribution in [-0.4, -0.2) is 17.6 Å². The molecule has 0 spiro atoms. The third kappa shape index (κ3) is 2.65. The van der Waals surface area contributed by atoms with Crippen LogP contribution >= 0.6 is 0 Å². The third-order valence-electron chi connectivity index (χ3n) is 3.52. The van der Waals surface area contributed by atoms with Gasteiger partial charge in [-0.05, 0) is 19.8 Å². The highest BCUT2D eigenvalue weighted by atomic mass is 16.8. The molecule has 2 atom stereocenters. The monoisotopic (exact) mass is 240 g/mol. The molecule has 2 unspecified atom stereocenters. The molecule has 17 heavy (non-hydrogen) atoms. The van der Waals surface area contributed by atoms with Crippen LogP contribution in [0.2, 0.25) is 0 Å². The van der Waals surface area contributed by atoms with E-state index in [2.05, 4.69) is 10.2 Å². The highest BCUT2D eigenvalue weighted by Gasteiger charge is 2.49. The molecule has 5 nitrogen and oxygen atoms in total. The molecule has 0 radical (unpaired) electrons. The first kappa shape index (κ1) is 12.5. The minimum atomic E-state index is -1.24. The van der Waals surface area contributed by atoms with E-state index in [0.717, 1.165) is 12.8 Å². The molecule has 0 aromatic rings. The smallest absolute Gasteiger partial charge is 0.331 e. The molecule has 2 rings (SSSR count). The van der Waals surface area contributed by atoms with Crippen LogP contribution < -0.4 is 0 Å². The number of carbonyl (C=O) groups is 1. The molecular weight excluding hydrogens is 220 g/mol. The van der Waals surface area contributed by atoms with Gasteiger partial charge in [0.05, 0.1) is 0 Å². The van der Waals surface area contributed by atoms with Crippen LogP contribution in [0.25, 0.3) is 0 Å². The van der Waals surface area contributed by atoms with Gasteiger partial charge in [0.2, 0.25) is 0 Å². The molecule has 1 heterocycles. The summed E-state index contributed by atoms with van der Waals surface area (Å²) in [6.07, 6.45) is 5.91. The number of esters is 1. The van der Waals surface area contributed by atoms with E-state index >= 15 is 0 Å².